The average Bonchev–Trinajstić information content (AvgIpc) is 3.16. The van der Waals surface area contributed by atoms with Crippen LogP contribution in [0.1, 0.15) is 40.5 Å². The summed E-state index contributed by atoms with van der Waals surface area (Å²) < 4.78 is 0. The number of rotatable bonds is 1. The fourth-order valence-electron chi connectivity index (χ4n) is 4.76. The molecule has 0 saturated heterocycles. The highest BCUT2D eigenvalue weighted by Crippen LogP contribution is 2.53. The van der Waals surface area contributed by atoms with E-state index in [0.29, 0.717) is 17.9 Å². The largest absolute Gasteiger partial charge is 0.354 e. The van der Waals surface area contributed by atoms with Crippen molar-refractivity contribution in [2.45, 2.75) is 24.3 Å². The molecular weight excluding hydrogens is 282 g/mol. The molecule has 0 fully saturated rings. The lowest BCUT2D eigenvalue weighted by Gasteiger charge is -2.48. The van der Waals surface area contributed by atoms with Crippen molar-refractivity contribution in [2.75, 3.05) is 20.1 Å². The van der Waals surface area contributed by atoms with Crippen LogP contribution in [0.5, 0.6) is 0 Å². The fraction of sp³-hybridized carbons (Fsp3) is 0.350. The molecule has 0 spiro atoms. The first-order valence-corrected chi connectivity index (χ1v) is 8.53. The number of likely N-dealkylation sites (N-methyl/N-ethyl adjacent to an activating group) is 1. The number of hydrogen-bond acceptors (Lipinski definition) is 3. The summed E-state index contributed by atoms with van der Waals surface area (Å²) >= 11 is 0. The van der Waals surface area contributed by atoms with Gasteiger partial charge in [0.15, 0.2) is 5.96 Å². The Bertz CT molecular complexity index is 747. The minimum absolute atomic E-state index is 0.447. The highest BCUT2D eigenvalue weighted by molar-refractivity contribution is 5.82. The maximum absolute atomic E-state index is 4.64. The van der Waals surface area contributed by atoms with Crippen LogP contribution in [0, 0.1) is 0 Å². The van der Waals surface area contributed by atoms with Crippen molar-refractivity contribution >= 4 is 5.96 Å². The topological polar surface area (TPSA) is 27.6 Å². The molecule has 3 nitrogen and oxygen atoms in total. The average molecular weight is 303 g/mol. The molecule has 2 aromatic rings. The van der Waals surface area contributed by atoms with Gasteiger partial charge in [-0.05, 0) is 28.7 Å². The summed E-state index contributed by atoms with van der Waals surface area (Å²) in [5.41, 5.74) is 6.08. The Morgan fingerprint density at radius 1 is 0.957 bits per heavy atom. The SMILES string of the molecule is CN(C1=NCCN1)C1CC2c3ccccc3C1c1ccccc12. The number of benzene rings is 2. The maximum Gasteiger partial charge on any atom is 0.194 e. The van der Waals surface area contributed by atoms with Gasteiger partial charge >= 0.3 is 0 Å². The van der Waals surface area contributed by atoms with Gasteiger partial charge in [0, 0.05) is 31.5 Å². The monoisotopic (exact) mass is 303 g/mol. The summed E-state index contributed by atoms with van der Waals surface area (Å²) in [6.07, 6.45) is 1.18. The van der Waals surface area contributed by atoms with Gasteiger partial charge in [-0.3, -0.25) is 4.99 Å². The van der Waals surface area contributed by atoms with Crippen LogP contribution in [0.4, 0.5) is 0 Å². The molecule has 1 N–H and O–H groups in total. The number of hydrogen-bond donors (Lipinski definition) is 1. The number of fused-ring (bicyclic) bond motifs is 1. The lowest BCUT2D eigenvalue weighted by atomic mass is 9.61. The second-order valence-electron chi connectivity index (χ2n) is 6.83. The summed E-state index contributed by atoms with van der Waals surface area (Å²) in [6.45, 7) is 1.86. The second-order valence-corrected chi connectivity index (χ2v) is 6.83. The Hall–Kier alpha value is -2.29. The number of nitrogens with zero attached hydrogens (tertiary/aromatic N) is 2. The highest BCUT2D eigenvalue weighted by atomic mass is 15.3. The van der Waals surface area contributed by atoms with Crippen LogP contribution in [-0.4, -0.2) is 37.0 Å². The van der Waals surface area contributed by atoms with Crippen LogP contribution in [-0.2, 0) is 0 Å². The molecule has 2 aromatic carbocycles. The molecular formula is C20H21N3. The van der Waals surface area contributed by atoms with Gasteiger partial charge in [0.25, 0.3) is 0 Å². The maximum atomic E-state index is 4.64. The van der Waals surface area contributed by atoms with Crippen molar-refractivity contribution in [3.05, 3.63) is 70.8 Å². The van der Waals surface area contributed by atoms with Crippen LogP contribution in [0.3, 0.4) is 0 Å². The smallest absolute Gasteiger partial charge is 0.194 e. The highest BCUT2D eigenvalue weighted by Gasteiger charge is 2.45. The van der Waals surface area contributed by atoms with E-state index in [9.17, 15) is 0 Å². The molecule has 6 rings (SSSR count). The lowest BCUT2D eigenvalue weighted by molar-refractivity contribution is 0.269. The van der Waals surface area contributed by atoms with Gasteiger partial charge in [0.2, 0.25) is 0 Å². The Labute approximate surface area is 137 Å². The van der Waals surface area contributed by atoms with Crippen molar-refractivity contribution in [1.82, 2.24) is 10.2 Å². The molecule has 0 saturated carbocycles. The van der Waals surface area contributed by atoms with Crippen LogP contribution in [0.15, 0.2) is 53.5 Å². The van der Waals surface area contributed by atoms with Gasteiger partial charge in [0.05, 0.1) is 6.54 Å². The summed E-state index contributed by atoms with van der Waals surface area (Å²) in [6, 6.07) is 18.5. The second kappa shape index (κ2) is 4.85. The van der Waals surface area contributed by atoms with Crippen molar-refractivity contribution in [1.29, 1.82) is 0 Å². The number of aliphatic imine (C=N–C) groups is 1. The van der Waals surface area contributed by atoms with E-state index in [-0.39, 0.29) is 0 Å². The standard InChI is InChI=1S/C20H21N3/c1-23(20-21-10-11-22-20)18-12-17-13-6-2-4-8-15(13)19(18)16-9-5-3-7-14(16)17/h2-9,17-19H,10-12H2,1H3,(H,21,22). The first-order chi connectivity index (χ1) is 11.3. The number of nitrogens with one attached hydrogen (secondary N) is 1. The Balaban J connectivity index is 1.65. The third kappa shape index (κ3) is 1.79. The van der Waals surface area contributed by atoms with Crippen LogP contribution in [0.25, 0.3) is 0 Å². The predicted octanol–water partition coefficient (Wildman–Crippen LogP) is 2.93. The zero-order valence-corrected chi connectivity index (χ0v) is 13.4. The molecule has 116 valence electrons. The van der Waals surface area contributed by atoms with E-state index in [1.54, 1.807) is 0 Å². The van der Waals surface area contributed by atoms with Crippen molar-refractivity contribution < 1.29 is 0 Å². The van der Waals surface area contributed by atoms with Crippen molar-refractivity contribution in [3.63, 3.8) is 0 Å². The lowest BCUT2D eigenvalue weighted by Crippen LogP contribution is -2.50. The molecule has 23 heavy (non-hydrogen) atoms. The molecule has 1 atom stereocenters. The molecule has 3 aliphatic carbocycles. The number of guanidine groups is 1. The molecule has 1 heterocycles. The first kappa shape index (κ1) is 13.2. The van der Waals surface area contributed by atoms with Gasteiger partial charge in [-0.25, -0.2) is 0 Å². The minimum atomic E-state index is 0.447. The van der Waals surface area contributed by atoms with Crippen molar-refractivity contribution in [3.8, 4) is 0 Å². The molecule has 2 bridgehead atoms. The molecule has 1 aliphatic heterocycles. The van der Waals surface area contributed by atoms with Gasteiger partial charge in [-0.15, -0.1) is 0 Å². The zero-order valence-electron chi connectivity index (χ0n) is 13.4. The van der Waals surface area contributed by atoms with E-state index in [1.807, 2.05) is 0 Å². The molecule has 0 amide bonds. The third-order valence-electron chi connectivity index (χ3n) is 5.76. The minimum Gasteiger partial charge on any atom is -0.354 e. The Kier molecular flexibility index (Phi) is 2.78. The summed E-state index contributed by atoms with van der Waals surface area (Å²) in [5, 5.41) is 3.44. The van der Waals surface area contributed by atoms with Gasteiger partial charge in [0.1, 0.15) is 0 Å². The van der Waals surface area contributed by atoms with Gasteiger partial charge in [-0.1, -0.05) is 48.5 Å². The molecule has 1 unspecified atom stereocenters. The van der Waals surface area contributed by atoms with Gasteiger partial charge in [-0.2, -0.15) is 0 Å². The molecule has 0 radical (unpaired) electrons. The molecule has 3 heteroatoms. The normalized spacial score (nSPS) is 27.0. The summed E-state index contributed by atoms with van der Waals surface area (Å²) in [4.78, 5) is 7.02. The quantitative estimate of drug-likeness (QED) is 0.877. The fourth-order valence-corrected chi connectivity index (χ4v) is 4.76. The van der Waals surface area contributed by atoms with E-state index in [0.717, 1.165) is 19.0 Å². The van der Waals surface area contributed by atoms with Crippen molar-refractivity contribution in [2.24, 2.45) is 4.99 Å². The summed E-state index contributed by atoms with van der Waals surface area (Å²) in [7, 11) is 2.20. The van der Waals surface area contributed by atoms with E-state index < -0.39 is 0 Å². The van der Waals surface area contributed by atoms with E-state index in [1.165, 1.54) is 28.7 Å². The molecule has 0 aromatic heterocycles. The third-order valence-corrected chi connectivity index (χ3v) is 5.76. The molecule has 4 aliphatic rings. The van der Waals surface area contributed by atoms with E-state index in [2.05, 4.69) is 70.8 Å². The van der Waals surface area contributed by atoms with E-state index >= 15 is 0 Å². The van der Waals surface area contributed by atoms with Crippen LogP contribution >= 0.6 is 0 Å². The Morgan fingerprint density at radius 2 is 1.57 bits per heavy atom. The van der Waals surface area contributed by atoms with Gasteiger partial charge < -0.3 is 10.2 Å². The van der Waals surface area contributed by atoms with E-state index in [4.69, 9.17) is 0 Å². The summed E-state index contributed by atoms with van der Waals surface area (Å²) in [5.74, 6) is 2.03. The zero-order chi connectivity index (χ0) is 15.4. The Morgan fingerprint density at radius 3 is 2.13 bits per heavy atom. The first-order valence-electron chi connectivity index (χ1n) is 8.53. The predicted molar refractivity (Wildman–Crippen MR) is 93.0 cm³/mol. The van der Waals surface area contributed by atoms with Crippen LogP contribution < -0.4 is 5.32 Å². The van der Waals surface area contributed by atoms with Crippen LogP contribution in [0.2, 0.25) is 0 Å².